The van der Waals surface area contributed by atoms with Gasteiger partial charge in [-0.05, 0) is 25.0 Å². The minimum atomic E-state index is -0.542. The first-order valence-corrected chi connectivity index (χ1v) is 6.46. The lowest BCUT2D eigenvalue weighted by atomic mass is 10.3. The fourth-order valence-electron chi connectivity index (χ4n) is 1.50. The summed E-state index contributed by atoms with van der Waals surface area (Å²) in [6.45, 7) is 0. The first kappa shape index (κ1) is 11.2. The molecule has 18 heavy (non-hydrogen) atoms. The molecule has 0 bridgehead atoms. The van der Waals surface area contributed by atoms with Crippen LogP contribution in [0.2, 0.25) is 0 Å². The Morgan fingerprint density at radius 2 is 2.11 bits per heavy atom. The number of rotatable bonds is 3. The van der Waals surface area contributed by atoms with Crippen LogP contribution in [0.1, 0.15) is 24.6 Å². The molecule has 92 valence electrons. The van der Waals surface area contributed by atoms with Gasteiger partial charge < -0.3 is 4.74 Å². The molecule has 1 aliphatic rings. The van der Waals surface area contributed by atoms with Crippen LogP contribution in [0.15, 0.2) is 30.3 Å². The molecule has 3 rings (SSSR count). The number of benzene rings is 1. The van der Waals surface area contributed by atoms with E-state index in [0.717, 1.165) is 18.7 Å². The Bertz CT molecular complexity index is 551. The highest BCUT2D eigenvalue weighted by molar-refractivity contribution is 7.09. The summed E-state index contributed by atoms with van der Waals surface area (Å²) in [5.74, 6) is 1.82. The highest BCUT2D eigenvalue weighted by Crippen LogP contribution is 2.39. The maximum Gasteiger partial charge on any atom is 0.418 e. The number of para-hydroxylation sites is 1. The van der Waals surface area contributed by atoms with Gasteiger partial charge in [0.25, 0.3) is 0 Å². The summed E-state index contributed by atoms with van der Waals surface area (Å²) in [7, 11) is 0. The molecule has 0 atom stereocenters. The van der Waals surface area contributed by atoms with Crippen LogP contribution in [0.25, 0.3) is 0 Å². The highest BCUT2D eigenvalue weighted by atomic mass is 32.1. The monoisotopic (exact) mass is 261 g/mol. The van der Waals surface area contributed by atoms with Crippen molar-refractivity contribution in [1.29, 1.82) is 0 Å². The quantitative estimate of drug-likeness (QED) is 0.922. The normalized spacial score (nSPS) is 14.2. The molecular formula is C12H11N3O2S. The first-order valence-electron chi connectivity index (χ1n) is 5.69. The minimum absolute atomic E-state index is 0.484. The molecule has 1 fully saturated rings. The average Bonchev–Trinajstić information content (AvgIpc) is 3.12. The summed E-state index contributed by atoms with van der Waals surface area (Å²) >= 11 is 1.18. The second-order valence-corrected chi connectivity index (χ2v) is 4.81. The Balaban J connectivity index is 1.59. The van der Waals surface area contributed by atoms with Gasteiger partial charge in [0, 0.05) is 17.5 Å². The molecule has 2 aromatic rings. The zero-order valence-electron chi connectivity index (χ0n) is 9.50. The van der Waals surface area contributed by atoms with Crippen molar-refractivity contribution in [2.45, 2.75) is 18.8 Å². The summed E-state index contributed by atoms with van der Waals surface area (Å²) in [6.07, 6.45) is 1.75. The van der Waals surface area contributed by atoms with Crippen molar-refractivity contribution in [3.8, 4) is 5.75 Å². The number of carbonyl (C=O) groups excluding carboxylic acids is 1. The smallest absolute Gasteiger partial charge is 0.410 e. The summed E-state index contributed by atoms with van der Waals surface area (Å²) in [4.78, 5) is 15.8. The molecule has 0 saturated heterocycles. The van der Waals surface area contributed by atoms with Crippen molar-refractivity contribution in [2.24, 2.45) is 0 Å². The van der Waals surface area contributed by atoms with Gasteiger partial charge in [-0.25, -0.2) is 9.78 Å². The van der Waals surface area contributed by atoms with Crippen LogP contribution in [0, 0.1) is 0 Å². The molecule has 0 spiro atoms. The second kappa shape index (κ2) is 4.73. The van der Waals surface area contributed by atoms with Gasteiger partial charge in [-0.1, -0.05) is 18.2 Å². The van der Waals surface area contributed by atoms with Gasteiger partial charge in [0.05, 0.1) is 0 Å². The first-order chi connectivity index (χ1) is 8.81. The van der Waals surface area contributed by atoms with Crippen LogP contribution in [0.3, 0.4) is 0 Å². The van der Waals surface area contributed by atoms with E-state index in [9.17, 15) is 4.79 Å². The molecule has 0 aliphatic heterocycles. The maximum atomic E-state index is 11.6. The van der Waals surface area contributed by atoms with E-state index in [0.29, 0.717) is 16.8 Å². The maximum absolute atomic E-state index is 11.6. The lowest BCUT2D eigenvalue weighted by molar-refractivity contribution is 0.215. The van der Waals surface area contributed by atoms with Crippen molar-refractivity contribution in [3.63, 3.8) is 0 Å². The Morgan fingerprint density at radius 3 is 2.83 bits per heavy atom. The number of amides is 1. The number of hydrogen-bond acceptors (Lipinski definition) is 5. The van der Waals surface area contributed by atoms with Crippen molar-refractivity contribution in [3.05, 3.63) is 36.2 Å². The van der Waals surface area contributed by atoms with Crippen LogP contribution >= 0.6 is 11.5 Å². The van der Waals surface area contributed by atoms with Crippen LogP contribution in [-0.2, 0) is 0 Å². The molecule has 0 radical (unpaired) electrons. The topological polar surface area (TPSA) is 64.1 Å². The predicted octanol–water partition coefficient (Wildman–Crippen LogP) is 3.03. The number of nitrogens with one attached hydrogen (secondary N) is 1. The van der Waals surface area contributed by atoms with E-state index in [-0.39, 0.29) is 0 Å². The lowest BCUT2D eigenvalue weighted by Crippen LogP contribution is -2.16. The van der Waals surface area contributed by atoms with E-state index in [1.54, 1.807) is 24.3 Å². The van der Waals surface area contributed by atoms with Gasteiger partial charge in [-0.15, -0.1) is 0 Å². The van der Waals surface area contributed by atoms with Crippen molar-refractivity contribution >= 4 is 22.8 Å². The van der Waals surface area contributed by atoms with E-state index >= 15 is 0 Å². The van der Waals surface area contributed by atoms with Gasteiger partial charge in [0.15, 0.2) is 0 Å². The molecule has 1 saturated carbocycles. The highest BCUT2D eigenvalue weighted by Gasteiger charge is 2.28. The lowest BCUT2D eigenvalue weighted by Gasteiger charge is -2.02. The van der Waals surface area contributed by atoms with Gasteiger partial charge in [0.2, 0.25) is 5.13 Å². The molecule has 1 aliphatic carbocycles. The zero-order valence-corrected chi connectivity index (χ0v) is 10.3. The number of hydrogen-bond donors (Lipinski definition) is 1. The molecule has 0 unspecified atom stereocenters. The van der Waals surface area contributed by atoms with Gasteiger partial charge >= 0.3 is 6.09 Å². The summed E-state index contributed by atoms with van der Waals surface area (Å²) in [5.41, 5.74) is 0. The molecule has 5 nitrogen and oxygen atoms in total. The van der Waals surface area contributed by atoms with E-state index in [4.69, 9.17) is 4.74 Å². The van der Waals surface area contributed by atoms with Crippen LogP contribution < -0.4 is 10.1 Å². The Hall–Kier alpha value is -1.95. The van der Waals surface area contributed by atoms with E-state index in [1.165, 1.54) is 11.5 Å². The Morgan fingerprint density at radius 1 is 1.33 bits per heavy atom. The van der Waals surface area contributed by atoms with Crippen LogP contribution in [0.5, 0.6) is 5.75 Å². The minimum Gasteiger partial charge on any atom is -0.410 e. The molecule has 1 heterocycles. The van der Waals surface area contributed by atoms with Gasteiger partial charge in [-0.2, -0.15) is 4.37 Å². The van der Waals surface area contributed by atoms with Crippen molar-refractivity contribution in [1.82, 2.24) is 9.36 Å². The van der Waals surface area contributed by atoms with Gasteiger partial charge in [-0.3, -0.25) is 5.32 Å². The van der Waals surface area contributed by atoms with Crippen molar-refractivity contribution in [2.75, 3.05) is 5.32 Å². The number of anilines is 1. The fourth-order valence-corrected chi connectivity index (χ4v) is 2.13. The largest absolute Gasteiger partial charge is 0.418 e. The fraction of sp³-hybridized carbons (Fsp3) is 0.250. The zero-order chi connectivity index (χ0) is 12.4. The Kier molecular flexibility index (Phi) is 2.93. The standard InChI is InChI=1S/C12H11N3O2S/c16-12(17-9-4-2-1-3-5-9)14-11-13-10(15-18-11)8-6-7-8/h1-5,8H,6-7H2,(H,13,14,15,16). The van der Waals surface area contributed by atoms with Crippen LogP contribution in [-0.4, -0.2) is 15.5 Å². The number of ether oxygens (including phenoxy) is 1. The number of nitrogens with zero attached hydrogens (tertiary/aromatic N) is 2. The van der Waals surface area contributed by atoms with E-state index < -0.39 is 6.09 Å². The molecule has 1 amide bonds. The third kappa shape index (κ3) is 2.65. The average molecular weight is 261 g/mol. The molecular weight excluding hydrogens is 250 g/mol. The third-order valence-electron chi connectivity index (χ3n) is 2.55. The van der Waals surface area contributed by atoms with Crippen LogP contribution in [0.4, 0.5) is 9.93 Å². The predicted molar refractivity (Wildman–Crippen MR) is 68.0 cm³/mol. The molecule has 1 aromatic carbocycles. The van der Waals surface area contributed by atoms with Gasteiger partial charge in [0.1, 0.15) is 11.6 Å². The Labute approximate surface area is 108 Å². The number of carbonyl (C=O) groups is 1. The molecule has 1 N–H and O–H groups in total. The molecule has 6 heteroatoms. The third-order valence-corrected chi connectivity index (χ3v) is 3.19. The summed E-state index contributed by atoms with van der Waals surface area (Å²) < 4.78 is 9.29. The van der Waals surface area contributed by atoms with E-state index in [1.807, 2.05) is 6.07 Å². The van der Waals surface area contributed by atoms with Crippen molar-refractivity contribution < 1.29 is 9.53 Å². The SMILES string of the molecule is O=C(Nc1nc(C2CC2)ns1)Oc1ccccc1. The number of aromatic nitrogens is 2. The second-order valence-electron chi connectivity index (χ2n) is 4.06. The van der Waals surface area contributed by atoms with E-state index in [2.05, 4.69) is 14.7 Å². The molecule has 1 aromatic heterocycles. The summed E-state index contributed by atoms with van der Waals surface area (Å²) in [6, 6.07) is 8.90. The summed E-state index contributed by atoms with van der Waals surface area (Å²) in [5, 5.41) is 3.06.